The first kappa shape index (κ1) is 14.1. The lowest BCUT2D eigenvalue weighted by molar-refractivity contribution is 1.09. The van der Waals surface area contributed by atoms with Crippen molar-refractivity contribution in [2.45, 2.75) is 34.1 Å². The Morgan fingerprint density at radius 2 is 1.33 bits per heavy atom. The molecule has 0 amide bonds. The Morgan fingerprint density at radius 3 is 1.50 bits per heavy atom. The van der Waals surface area contributed by atoms with Gasteiger partial charge >= 0.3 is 0 Å². The van der Waals surface area contributed by atoms with Gasteiger partial charge in [0.05, 0.1) is 0 Å². The third-order valence-corrected chi connectivity index (χ3v) is 0.985. The van der Waals surface area contributed by atoms with Crippen molar-refractivity contribution >= 4 is 11.6 Å². The molecule has 0 unspecified atom stereocenters. The van der Waals surface area contributed by atoms with Crippen LogP contribution in [0, 0.1) is 0 Å². The van der Waals surface area contributed by atoms with E-state index in [1.807, 2.05) is 44.2 Å². The van der Waals surface area contributed by atoms with Crippen LogP contribution in [0.25, 0.3) is 0 Å². The third kappa shape index (κ3) is 12.2. The summed E-state index contributed by atoms with van der Waals surface area (Å²) in [6.07, 6.45) is 1.25. The maximum atomic E-state index is 5.54. The van der Waals surface area contributed by atoms with Crippen LogP contribution in [0.2, 0.25) is 5.02 Å². The van der Waals surface area contributed by atoms with Gasteiger partial charge in [0.1, 0.15) is 0 Å². The minimum Gasteiger partial charge on any atom is -0.0843 e. The molecular weight excluding hydrogens is 168 g/mol. The van der Waals surface area contributed by atoms with Crippen molar-refractivity contribution < 1.29 is 0 Å². The van der Waals surface area contributed by atoms with Gasteiger partial charge in [0.2, 0.25) is 0 Å². The molecule has 70 valence electrons. The SMILES string of the molecule is CC.CCC.Clc1ccccc1. The molecule has 0 spiro atoms. The summed E-state index contributed by atoms with van der Waals surface area (Å²) in [6.45, 7) is 8.25. The lowest BCUT2D eigenvalue weighted by atomic mass is 10.4. The molecule has 0 fully saturated rings. The van der Waals surface area contributed by atoms with Gasteiger partial charge in [-0.3, -0.25) is 0 Å². The van der Waals surface area contributed by atoms with Gasteiger partial charge < -0.3 is 0 Å². The molecule has 12 heavy (non-hydrogen) atoms. The van der Waals surface area contributed by atoms with Gasteiger partial charge in [-0.05, 0) is 12.1 Å². The number of benzene rings is 1. The van der Waals surface area contributed by atoms with Crippen LogP contribution in [0.5, 0.6) is 0 Å². The lowest BCUT2D eigenvalue weighted by Gasteiger charge is -1.80. The van der Waals surface area contributed by atoms with E-state index in [-0.39, 0.29) is 0 Å². The first-order valence-corrected chi connectivity index (χ1v) is 4.89. The van der Waals surface area contributed by atoms with Gasteiger partial charge in [-0.1, -0.05) is 63.9 Å². The largest absolute Gasteiger partial charge is 0.0843 e. The van der Waals surface area contributed by atoms with Gasteiger partial charge in [0.25, 0.3) is 0 Å². The summed E-state index contributed by atoms with van der Waals surface area (Å²) in [5.74, 6) is 0. The predicted molar refractivity (Wildman–Crippen MR) is 58.8 cm³/mol. The summed E-state index contributed by atoms with van der Waals surface area (Å²) in [6, 6.07) is 9.44. The first-order valence-electron chi connectivity index (χ1n) is 4.51. The van der Waals surface area contributed by atoms with Crippen LogP contribution < -0.4 is 0 Å². The Bertz CT molecular complexity index is 146. The standard InChI is InChI=1S/C6H5Cl.C3H8.C2H6/c7-6-4-2-1-3-5-6;1-3-2;1-2/h1-5H;3H2,1-2H3;1-2H3. The van der Waals surface area contributed by atoms with Crippen molar-refractivity contribution in [3.63, 3.8) is 0 Å². The van der Waals surface area contributed by atoms with Gasteiger partial charge in [0, 0.05) is 5.02 Å². The molecule has 0 aliphatic carbocycles. The maximum absolute atomic E-state index is 5.54. The van der Waals surface area contributed by atoms with Gasteiger partial charge in [0.15, 0.2) is 0 Å². The van der Waals surface area contributed by atoms with Crippen molar-refractivity contribution in [1.82, 2.24) is 0 Å². The Labute approximate surface area is 81.6 Å². The Kier molecular flexibility index (Phi) is 15.4. The molecule has 0 saturated carbocycles. The summed E-state index contributed by atoms with van der Waals surface area (Å²) in [5.41, 5.74) is 0. The van der Waals surface area contributed by atoms with Gasteiger partial charge in [-0.25, -0.2) is 0 Å². The quantitative estimate of drug-likeness (QED) is 0.547. The fourth-order valence-corrected chi connectivity index (χ4v) is 0.560. The van der Waals surface area contributed by atoms with Gasteiger partial charge in [-0.15, -0.1) is 0 Å². The first-order chi connectivity index (χ1) is 5.81. The molecule has 0 aromatic heterocycles. The molecule has 0 radical (unpaired) electrons. The Morgan fingerprint density at radius 1 is 1.00 bits per heavy atom. The zero-order valence-electron chi connectivity index (χ0n) is 8.47. The highest BCUT2D eigenvalue weighted by molar-refractivity contribution is 6.30. The fraction of sp³-hybridized carbons (Fsp3) is 0.455. The molecule has 1 aromatic rings. The zero-order valence-corrected chi connectivity index (χ0v) is 9.23. The minimum atomic E-state index is 0.794. The topological polar surface area (TPSA) is 0 Å². The van der Waals surface area contributed by atoms with Crippen molar-refractivity contribution in [3.05, 3.63) is 35.4 Å². The van der Waals surface area contributed by atoms with E-state index in [4.69, 9.17) is 11.6 Å². The van der Waals surface area contributed by atoms with Crippen LogP contribution in [0.1, 0.15) is 34.1 Å². The number of hydrogen-bond donors (Lipinski definition) is 0. The van der Waals surface area contributed by atoms with Crippen LogP contribution >= 0.6 is 11.6 Å². The predicted octanol–water partition coefficient (Wildman–Crippen LogP) is 4.78. The molecule has 0 saturated heterocycles. The van der Waals surface area contributed by atoms with E-state index in [1.54, 1.807) is 0 Å². The summed E-state index contributed by atoms with van der Waals surface area (Å²) in [4.78, 5) is 0. The Balaban J connectivity index is 0. The highest BCUT2D eigenvalue weighted by Crippen LogP contribution is 2.03. The molecule has 0 nitrogen and oxygen atoms in total. The minimum absolute atomic E-state index is 0.794. The third-order valence-electron chi connectivity index (χ3n) is 0.733. The normalized spacial score (nSPS) is 7.08. The van der Waals surface area contributed by atoms with E-state index in [9.17, 15) is 0 Å². The van der Waals surface area contributed by atoms with E-state index < -0.39 is 0 Å². The van der Waals surface area contributed by atoms with Crippen molar-refractivity contribution in [1.29, 1.82) is 0 Å². The van der Waals surface area contributed by atoms with E-state index in [1.165, 1.54) is 6.42 Å². The van der Waals surface area contributed by atoms with E-state index >= 15 is 0 Å². The van der Waals surface area contributed by atoms with Gasteiger partial charge in [-0.2, -0.15) is 0 Å². The average Bonchev–Trinajstić information content (AvgIpc) is 2.11. The van der Waals surface area contributed by atoms with E-state index in [0.29, 0.717) is 0 Å². The summed E-state index contributed by atoms with van der Waals surface area (Å²) < 4.78 is 0. The highest BCUT2D eigenvalue weighted by Gasteiger charge is 1.74. The van der Waals surface area contributed by atoms with Crippen molar-refractivity contribution in [2.75, 3.05) is 0 Å². The molecule has 0 aliphatic rings. The summed E-state index contributed by atoms with van der Waals surface area (Å²) in [5, 5.41) is 0.794. The van der Waals surface area contributed by atoms with E-state index in [2.05, 4.69) is 13.8 Å². The average molecular weight is 187 g/mol. The van der Waals surface area contributed by atoms with Crippen molar-refractivity contribution in [2.24, 2.45) is 0 Å². The smallest absolute Gasteiger partial charge is 0.0405 e. The Hall–Kier alpha value is -0.490. The molecule has 1 heteroatoms. The molecule has 0 bridgehead atoms. The summed E-state index contributed by atoms with van der Waals surface area (Å²) in [7, 11) is 0. The summed E-state index contributed by atoms with van der Waals surface area (Å²) >= 11 is 5.54. The second kappa shape index (κ2) is 13.1. The molecule has 0 atom stereocenters. The van der Waals surface area contributed by atoms with E-state index in [0.717, 1.165) is 5.02 Å². The number of rotatable bonds is 0. The van der Waals surface area contributed by atoms with Crippen LogP contribution in [-0.2, 0) is 0 Å². The van der Waals surface area contributed by atoms with Crippen LogP contribution in [-0.4, -0.2) is 0 Å². The second-order valence-electron chi connectivity index (χ2n) is 2.00. The molecule has 1 aromatic carbocycles. The lowest BCUT2D eigenvalue weighted by Crippen LogP contribution is -1.55. The molecule has 0 N–H and O–H groups in total. The highest BCUT2D eigenvalue weighted by atomic mass is 35.5. The maximum Gasteiger partial charge on any atom is 0.0405 e. The van der Waals surface area contributed by atoms with Crippen LogP contribution in [0.4, 0.5) is 0 Å². The van der Waals surface area contributed by atoms with Crippen LogP contribution in [0.3, 0.4) is 0 Å². The fourth-order valence-electron chi connectivity index (χ4n) is 0.415. The second-order valence-corrected chi connectivity index (χ2v) is 2.44. The number of hydrogen-bond acceptors (Lipinski definition) is 0. The van der Waals surface area contributed by atoms with Crippen LogP contribution in [0.15, 0.2) is 30.3 Å². The monoisotopic (exact) mass is 186 g/mol. The zero-order chi connectivity index (χ0) is 9.82. The molecule has 1 rings (SSSR count). The van der Waals surface area contributed by atoms with Crippen molar-refractivity contribution in [3.8, 4) is 0 Å². The number of halogens is 1. The molecule has 0 aliphatic heterocycles. The molecular formula is C11H19Cl. The molecule has 0 heterocycles.